The highest BCUT2D eigenvalue weighted by atomic mass is 19.4. The summed E-state index contributed by atoms with van der Waals surface area (Å²) in [7, 11) is 0. The van der Waals surface area contributed by atoms with Crippen molar-refractivity contribution < 1.29 is 106 Å². The van der Waals surface area contributed by atoms with Crippen LogP contribution in [-0.2, 0) is 9.47 Å². The molecule has 4 N–H and O–H groups in total. The molecule has 0 amide bonds. The molecule has 4 bridgehead atoms. The first-order valence-electron chi connectivity index (χ1n) is 9.05. The van der Waals surface area contributed by atoms with E-state index in [1.54, 1.807) is 9.47 Å². The van der Waals surface area contributed by atoms with Gasteiger partial charge in [0.2, 0.25) is 0 Å². The van der Waals surface area contributed by atoms with Gasteiger partial charge in [-0.05, 0) is 0 Å². The SMILES string of the molecule is NC(F)(F)C(F)(F)OC12C(F)(F)C3(F)C(F)(F)C(F)(C1(F)F)C(F)(F)C(OC(F)(F)C(N)(F)F)(C3(F)F)C2(F)F. The van der Waals surface area contributed by atoms with Crippen LogP contribution in [-0.4, -0.2) is 82.4 Å². The van der Waals surface area contributed by atoms with Crippen molar-refractivity contribution in [2.45, 2.75) is 82.4 Å². The lowest BCUT2D eigenvalue weighted by Gasteiger charge is -2.76. The van der Waals surface area contributed by atoms with Crippen molar-refractivity contribution in [1.29, 1.82) is 0 Å². The second-order valence-corrected chi connectivity index (χ2v) is 8.61. The van der Waals surface area contributed by atoms with E-state index in [1.807, 2.05) is 0 Å². The molecule has 26 heteroatoms. The lowest BCUT2D eigenvalue weighted by molar-refractivity contribution is -0.654. The van der Waals surface area contributed by atoms with E-state index in [2.05, 4.69) is 11.5 Å². The Hall–Kier alpha value is -1.70. The summed E-state index contributed by atoms with van der Waals surface area (Å²) in [6.45, 7) is 0. The summed E-state index contributed by atoms with van der Waals surface area (Å²) in [6, 6.07) is -13.9. The molecule has 0 atom stereocenters. The van der Waals surface area contributed by atoms with Gasteiger partial charge in [0, 0.05) is 0 Å². The first-order chi connectivity index (χ1) is 16.9. The van der Waals surface area contributed by atoms with Crippen molar-refractivity contribution in [2.24, 2.45) is 11.5 Å². The fraction of sp³-hybridized carbons (Fsp3) is 1.00. The average molecular weight is 650 g/mol. The minimum Gasteiger partial charge on any atom is -0.288 e. The summed E-state index contributed by atoms with van der Waals surface area (Å²) < 4.78 is 319. The van der Waals surface area contributed by atoms with Gasteiger partial charge in [-0.15, -0.1) is 0 Å². The first kappa shape index (κ1) is 32.8. The van der Waals surface area contributed by atoms with Crippen LogP contribution in [0.1, 0.15) is 0 Å². The third-order valence-corrected chi connectivity index (χ3v) is 6.59. The topological polar surface area (TPSA) is 70.5 Å². The lowest BCUT2D eigenvalue weighted by Crippen LogP contribution is -3.11. The van der Waals surface area contributed by atoms with Crippen LogP contribution >= 0.6 is 0 Å². The Morgan fingerprint density at radius 2 is 0.550 bits per heavy atom. The molecule has 0 aromatic heterocycles. The monoisotopic (exact) mass is 650 g/mol. The van der Waals surface area contributed by atoms with Gasteiger partial charge in [0.05, 0.1) is 0 Å². The fourth-order valence-corrected chi connectivity index (χ4v) is 4.73. The summed E-state index contributed by atoms with van der Waals surface area (Å²) in [5, 5.41) is 0. The molecule has 0 unspecified atom stereocenters. The molecule has 4 aliphatic carbocycles. The highest BCUT2D eigenvalue weighted by molar-refractivity contribution is 5.54. The second-order valence-electron chi connectivity index (χ2n) is 8.61. The molecule has 0 spiro atoms. The van der Waals surface area contributed by atoms with Gasteiger partial charge in [-0.25, -0.2) is 8.78 Å². The van der Waals surface area contributed by atoms with Crippen molar-refractivity contribution in [3.63, 3.8) is 0 Å². The maximum absolute atomic E-state index is 15.2. The smallest absolute Gasteiger partial charge is 0.288 e. The molecule has 4 rings (SSSR count). The number of hydrogen-bond donors (Lipinski definition) is 2. The third kappa shape index (κ3) is 2.43. The highest BCUT2D eigenvalue weighted by Crippen LogP contribution is 2.89. The van der Waals surface area contributed by atoms with Gasteiger partial charge < -0.3 is 0 Å². The Labute approximate surface area is 201 Å². The first-order valence-corrected chi connectivity index (χ1v) is 9.05. The third-order valence-electron chi connectivity index (χ3n) is 6.59. The zero-order valence-corrected chi connectivity index (χ0v) is 17.3. The summed E-state index contributed by atoms with van der Waals surface area (Å²) in [6.07, 6.45) is -15.6. The van der Waals surface area contributed by atoms with Crippen LogP contribution in [0.5, 0.6) is 0 Å². The number of halogens is 22. The zero-order chi connectivity index (χ0) is 32.4. The Morgan fingerprint density at radius 3 is 0.725 bits per heavy atom. The Balaban J connectivity index is 2.75. The number of nitrogens with two attached hydrogens (primary N) is 2. The van der Waals surface area contributed by atoms with Crippen molar-refractivity contribution in [3.05, 3.63) is 0 Å². The molecule has 0 radical (unpaired) electrons. The zero-order valence-electron chi connectivity index (χ0n) is 17.3. The van der Waals surface area contributed by atoms with E-state index in [4.69, 9.17) is 0 Å². The van der Waals surface area contributed by atoms with Crippen LogP contribution in [0.15, 0.2) is 0 Å². The van der Waals surface area contributed by atoms with Crippen LogP contribution in [0, 0.1) is 0 Å². The number of ether oxygens (including phenoxy) is 2. The Bertz CT molecular complexity index is 990. The largest absolute Gasteiger partial charge is 0.435 e. The van der Waals surface area contributed by atoms with Gasteiger partial charge in [-0.3, -0.25) is 20.9 Å². The van der Waals surface area contributed by atoms with Crippen LogP contribution in [0.3, 0.4) is 0 Å². The van der Waals surface area contributed by atoms with Crippen molar-refractivity contribution in [3.8, 4) is 0 Å². The minimum absolute atomic E-state index is 1.70. The Kier molecular flexibility index (Phi) is 5.67. The van der Waals surface area contributed by atoms with Gasteiger partial charge in [0.25, 0.3) is 11.2 Å². The van der Waals surface area contributed by atoms with Crippen LogP contribution in [0.25, 0.3) is 0 Å². The van der Waals surface area contributed by atoms with Gasteiger partial charge >= 0.3 is 71.2 Å². The molecule has 0 heterocycles. The van der Waals surface area contributed by atoms with Gasteiger partial charge in [0.1, 0.15) is 0 Å². The highest BCUT2D eigenvalue weighted by Gasteiger charge is 3.24. The molecule has 236 valence electrons. The quantitative estimate of drug-likeness (QED) is 0.312. The molecular formula is C14H4F22N2O2. The molecule has 4 saturated carbocycles. The summed E-state index contributed by atoms with van der Waals surface area (Å²) in [5.74, 6) is -52.5. The Morgan fingerprint density at radius 1 is 0.350 bits per heavy atom. The molecule has 0 aromatic carbocycles. The number of hydrogen-bond acceptors (Lipinski definition) is 4. The molecular weight excluding hydrogens is 646 g/mol. The number of alkyl halides is 22. The van der Waals surface area contributed by atoms with E-state index < -0.39 is 82.4 Å². The van der Waals surface area contributed by atoms with Crippen LogP contribution in [0.2, 0.25) is 0 Å². The summed E-state index contributed by atoms with van der Waals surface area (Å²) in [4.78, 5) is 0. The average Bonchev–Trinajstić information content (AvgIpc) is 2.68. The molecule has 40 heavy (non-hydrogen) atoms. The van der Waals surface area contributed by atoms with Gasteiger partial charge in [-0.2, -0.15) is 87.8 Å². The van der Waals surface area contributed by atoms with Crippen molar-refractivity contribution in [1.82, 2.24) is 0 Å². The molecule has 0 saturated heterocycles. The van der Waals surface area contributed by atoms with E-state index in [1.165, 1.54) is 0 Å². The standard InChI is InChI=1S/C14H4F22N2O2/c15-1-5(17,18)2(16)8(23,24)3(6(1,19)20,39-13(33,34)11(29,30)37)10(27,28)4(7(1,21)22,9(2,25)26)40-14(35,36)12(31,32)38/h37-38H2. The van der Waals surface area contributed by atoms with E-state index in [0.717, 1.165) is 0 Å². The summed E-state index contributed by atoms with van der Waals surface area (Å²) >= 11 is 0. The predicted molar refractivity (Wildman–Crippen MR) is 73.2 cm³/mol. The maximum atomic E-state index is 15.2. The number of rotatable bonds is 6. The van der Waals surface area contributed by atoms with Gasteiger partial charge in [-0.1, -0.05) is 0 Å². The minimum atomic E-state index is -8.90. The molecule has 0 aliphatic heterocycles. The van der Waals surface area contributed by atoms with Crippen LogP contribution in [0.4, 0.5) is 96.6 Å². The summed E-state index contributed by atoms with van der Waals surface area (Å²) in [5.41, 5.74) is -28.0. The van der Waals surface area contributed by atoms with E-state index in [-0.39, 0.29) is 0 Å². The molecule has 0 aromatic rings. The fourth-order valence-electron chi connectivity index (χ4n) is 4.73. The molecule has 4 nitrogen and oxygen atoms in total. The van der Waals surface area contributed by atoms with E-state index >= 15 is 17.6 Å². The van der Waals surface area contributed by atoms with Crippen LogP contribution < -0.4 is 11.5 Å². The van der Waals surface area contributed by atoms with Crippen molar-refractivity contribution >= 4 is 0 Å². The van der Waals surface area contributed by atoms with Crippen molar-refractivity contribution in [2.75, 3.05) is 0 Å². The molecule has 4 aliphatic rings. The normalized spacial score (nSPS) is 40.8. The lowest BCUT2D eigenvalue weighted by atomic mass is 9.39. The van der Waals surface area contributed by atoms with E-state index in [0.29, 0.717) is 0 Å². The predicted octanol–water partition coefficient (Wildman–Crippen LogP) is 5.05. The molecule has 4 fully saturated rings. The maximum Gasteiger partial charge on any atom is 0.435 e. The van der Waals surface area contributed by atoms with Gasteiger partial charge in [0.15, 0.2) is 0 Å². The van der Waals surface area contributed by atoms with E-state index in [9.17, 15) is 79.0 Å². The second kappa shape index (κ2) is 6.92.